The topological polar surface area (TPSA) is 39.5 Å². The van der Waals surface area contributed by atoms with Gasteiger partial charge in [-0.25, -0.2) is 14.5 Å². The number of hydrogen-bond donors (Lipinski definition) is 0. The molecule has 0 bridgehead atoms. The molecule has 0 atom stereocenters. The van der Waals surface area contributed by atoms with E-state index >= 15 is 0 Å². The summed E-state index contributed by atoms with van der Waals surface area (Å²) in [5.74, 6) is 1.67. The van der Waals surface area contributed by atoms with Crippen molar-refractivity contribution in [2.24, 2.45) is 0 Å². The molecule has 0 saturated carbocycles. The first-order valence-electron chi connectivity index (χ1n) is 11.3. The maximum Gasteiger partial charge on any atom is 0.223 e. The van der Waals surface area contributed by atoms with Gasteiger partial charge in [0.25, 0.3) is 0 Å². The molecule has 0 fully saturated rings. The minimum atomic E-state index is 0.835. The lowest BCUT2D eigenvalue weighted by Crippen LogP contribution is -2.01. The van der Waals surface area contributed by atoms with E-state index in [9.17, 15) is 0 Å². The Morgan fingerprint density at radius 1 is 0.576 bits per heavy atom. The standard InChI is InChI=1S/C28H21N5/c1-2-19-16-17-25-26(18-19)33-24-15-9-7-13-22(24)30-28(33)31(20-10-4-3-5-11-20)27-29-21-12-6-8-14-23(21)32(25)27/h3-18H,2H2,1H3. The molecular weight excluding hydrogens is 406 g/mol. The lowest BCUT2D eigenvalue weighted by atomic mass is 10.1. The number of nitrogens with zero attached hydrogens (tertiary/aromatic N) is 5. The smallest absolute Gasteiger partial charge is 0.223 e. The largest absolute Gasteiger partial charge is 0.276 e. The van der Waals surface area contributed by atoms with Crippen LogP contribution in [0.15, 0.2) is 97.1 Å². The van der Waals surface area contributed by atoms with Crippen LogP contribution in [0.4, 0.5) is 0 Å². The normalized spacial score (nSPS) is 11.9. The summed E-state index contributed by atoms with van der Waals surface area (Å²) in [6, 6.07) is 33.8. The quantitative estimate of drug-likeness (QED) is 0.322. The zero-order chi connectivity index (χ0) is 21.9. The summed E-state index contributed by atoms with van der Waals surface area (Å²) in [5, 5.41) is 0. The average molecular weight is 428 g/mol. The second-order valence-electron chi connectivity index (χ2n) is 8.32. The van der Waals surface area contributed by atoms with Gasteiger partial charge in [0.2, 0.25) is 11.6 Å². The van der Waals surface area contributed by atoms with Gasteiger partial charge in [-0.2, -0.15) is 0 Å². The van der Waals surface area contributed by atoms with Crippen LogP contribution in [-0.2, 0) is 6.42 Å². The Labute approximate surface area is 189 Å². The van der Waals surface area contributed by atoms with Crippen molar-refractivity contribution in [3.63, 3.8) is 0 Å². The van der Waals surface area contributed by atoms with Gasteiger partial charge in [-0.05, 0) is 60.5 Å². The first-order valence-corrected chi connectivity index (χ1v) is 11.3. The summed E-state index contributed by atoms with van der Waals surface area (Å²) in [6.45, 7) is 2.19. The minimum absolute atomic E-state index is 0.835. The van der Waals surface area contributed by atoms with Gasteiger partial charge in [0.05, 0.1) is 38.8 Å². The van der Waals surface area contributed by atoms with Crippen LogP contribution in [0.3, 0.4) is 0 Å². The fourth-order valence-electron chi connectivity index (χ4n) is 4.86. The lowest BCUT2D eigenvalue weighted by Gasteiger charge is -2.06. The third-order valence-corrected chi connectivity index (χ3v) is 6.43. The number of aromatic nitrogens is 5. The molecule has 5 nitrogen and oxygen atoms in total. The van der Waals surface area contributed by atoms with Crippen molar-refractivity contribution in [3.8, 4) is 5.69 Å². The maximum atomic E-state index is 5.13. The third-order valence-electron chi connectivity index (χ3n) is 6.43. The Morgan fingerprint density at radius 2 is 1.15 bits per heavy atom. The van der Waals surface area contributed by atoms with Crippen molar-refractivity contribution in [1.29, 1.82) is 0 Å². The number of aryl methyl sites for hydroxylation is 1. The summed E-state index contributed by atoms with van der Waals surface area (Å²) in [7, 11) is 0. The number of fused-ring (bicyclic) bond motifs is 9. The average Bonchev–Trinajstić information content (AvgIpc) is 3.40. The fourth-order valence-corrected chi connectivity index (χ4v) is 4.86. The number of imidazole rings is 2. The second-order valence-corrected chi connectivity index (χ2v) is 8.32. The zero-order valence-electron chi connectivity index (χ0n) is 18.2. The maximum absolute atomic E-state index is 5.13. The van der Waals surface area contributed by atoms with E-state index in [1.165, 1.54) is 5.56 Å². The Balaban J connectivity index is 1.89. The number of hydrogen-bond acceptors (Lipinski definition) is 2. The Hall–Kier alpha value is -4.38. The molecule has 0 amide bonds. The predicted molar refractivity (Wildman–Crippen MR) is 134 cm³/mol. The first-order chi connectivity index (χ1) is 16.3. The molecule has 0 radical (unpaired) electrons. The number of benzene rings is 4. The van der Waals surface area contributed by atoms with Gasteiger partial charge in [0, 0.05) is 0 Å². The molecule has 7 rings (SSSR count). The highest BCUT2D eigenvalue weighted by Gasteiger charge is 2.18. The molecule has 0 aliphatic heterocycles. The van der Waals surface area contributed by atoms with Crippen LogP contribution in [0.5, 0.6) is 0 Å². The lowest BCUT2D eigenvalue weighted by molar-refractivity contribution is 1.03. The van der Waals surface area contributed by atoms with Crippen LogP contribution in [0.25, 0.3) is 50.3 Å². The van der Waals surface area contributed by atoms with Gasteiger partial charge in [-0.15, -0.1) is 0 Å². The summed E-state index contributed by atoms with van der Waals surface area (Å²) in [5.41, 5.74) is 8.60. The van der Waals surface area contributed by atoms with E-state index < -0.39 is 0 Å². The van der Waals surface area contributed by atoms with Gasteiger partial charge in [0.1, 0.15) is 0 Å². The third kappa shape index (κ3) is 2.53. The highest BCUT2D eigenvalue weighted by Crippen LogP contribution is 2.29. The fraction of sp³-hybridized carbons (Fsp3) is 0.0714. The van der Waals surface area contributed by atoms with Crippen molar-refractivity contribution < 1.29 is 0 Å². The van der Waals surface area contributed by atoms with Crippen LogP contribution in [0, 0.1) is 0 Å². The van der Waals surface area contributed by atoms with Crippen LogP contribution in [0.2, 0.25) is 0 Å². The second kappa shape index (κ2) is 6.81. The predicted octanol–water partition coefficient (Wildman–Crippen LogP) is 6.36. The molecule has 0 spiro atoms. The van der Waals surface area contributed by atoms with Gasteiger partial charge in [-0.3, -0.25) is 8.80 Å². The SMILES string of the molecule is CCc1ccc2c(c1)n1c3ccccc3nc1n(-c1ccccc1)c1nc3ccccc3n21. The molecule has 3 heterocycles. The molecule has 3 aromatic heterocycles. The Bertz CT molecular complexity index is 1850. The minimum Gasteiger partial charge on any atom is -0.276 e. The molecule has 0 N–H and O–H groups in total. The van der Waals surface area contributed by atoms with E-state index in [1.807, 2.05) is 18.2 Å². The van der Waals surface area contributed by atoms with E-state index in [1.54, 1.807) is 0 Å². The van der Waals surface area contributed by atoms with Crippen LogP contribution in [-0.4, -0.2) is 23.3 Å². The molecule has 0 unspecified atom stereocenters. The molecular formula is C28H21N5. The Morgan fingerprint density at radius 3 is 1.79 bits per heavy atom. The molecule has 0 saturated heterocycles. The van der Waals surface area contributed by atoms with E-state index in [4.69, 9.17) is 9.97 Å². The van der Waals surface area contributed by atoms with Gasteiger partial charge < -0.3 is 0 Å². The Kier molecular flexibility index (Phi) is 3.76. The van der Waals surface area contributed by atoms with Gasteiger partial charge in [0.15, 0.2) is 0 Å². The van der Waals surface area contributed by atoms with Crippen molar-refractivity contribution in [2.45, 2.75) is 13.3 Å². The molecule has 4 aromatic carbocycles. The van der Waals surface area contributed by atoms with Crippen molar-refractivity contribution in [2.75, 3.05) is 0 Å². The summed E-state index contributed by atoms with van der Waals surface area (Å²) < 4.78 is 6.71. The summed E-state index contributed by atoms with van der Waals surface area (Å²) >= 11 is 0. The van der Waals surface area contributed by atoms with E-state index in [2.05, 4.69) is 99.2 Å². The highest BCUT2D eigenvalue weighted by atomic mass is 15.3. The van der Waals surface area contributed by atoms with Gasteiger partial charge in [-0.1, -0.05) is 55.5 Å². The molecule has 7 aromatic rings. The zero-order valence-corrected chi connectivity index (χ0v) is 18.2. The van der Waals surface area contributed by atoms with E-state index in [-0.39, 0.29) is 0 Å². The number of para-hydroxylation sites is 5. The molecule has 5 heteroatoms. The molecule has 158 valence electrons. The van der Waals surface area contributed by atoms with E-state index in [0.717, 1.165) is 56.8 Å². The van der Waals surface area contributed by atoms with Crippen LogP contribution >= 0.6 is 0 Å². The van der Waals surface area contributed by atoms with Gasteiger partial charge >= 0.3 is 0 Å². The first kappa shape index (κ1) is 18.2. The van der Waals surface area contributed by atoms with E-state index in [0.29, 0.717) is 0 Å². The summed E-state index contributed by atoms with van der Waals surface area (Å²) in [6.07, 6.45) is 0.967. The summed E-state index contributed by atoms with van der Waals surface area (Å²) in [4.78, 5) is 10.2. The van der Waals surface area contributed by atoms with Crippen molar-refractivity contribution in [3.05, 3.63) is 103 Å². The molecule has 33 heavy (non-hydrogen) atoms. The molecule has 0 aliphatic rings. The van der Waals surface area contributed by atoms with Crippen LogP contribution in [0.1, 0.15) is 12.5 Å². The van der Waals surface area contributed by atoms with Crippen molar-refractivity contribution in [1.82, 2.24) is 23.3 Å². The monoisotopic (exact) mass is 427 g/mol. The highest BCUT2D eigenvalue weighted by molar-refractivity contribution is 5.93. The van der Waals surface area contributed by atoms with Crippen LogP contribution < -0.4 is 0 Å². The molecule has 0 aliphatic carbocycles. The van der Waals surface area contributed by atoms with Crippen molar-refractivity contribution >= 4 is 44.7 Å². The number of rotatable bonds is 2.